The van der Waals surface area contributed by atoms with Gasteiger partial charge in [-0.15, -0.1) is 11.3 Å². The van der Waals surface area contributed by atoms with Gasteiger partial charge in [0.1, 0.15) is 5.75 Å². The number of carbonyl (C=O) groups excluding carboxylic acids is 2. The van der Waals surface area contributed by atoms with Gasteiger partial charge in [0.05, 0.1) is 48.1 Å². The molecule has 30 heavy (non-hydrogen) atoms. The van der Waals surface area contributed by atoms with E-state index in [4.69, 9.17) is 9.47 Å². The van der Waals surface area contributed by atoms with Crippen LogP contribution in [0.15, 0.2) is 63.7 Å². The van der Waals surface area contributed by atoms with Crippen LogP contribution in [0.1, 0.15) is 28.1 Å². The molecule has 0 fully saturated rings. The number of ketones is 1. The molecule has 0 radical (unpaired) electrons. The van der Waals surface area contributed by atoms with Crippen molar-refractivity contribution in [2.45, 2.75) is 12.8 Å². The highest BCUT2D eigenvalue weighted by atomic mass is 32.2. The van der Waals surface area contributed by atoms with Crippen LogP contribution in [0, 0.1) is 11.3 Å². The Morgan fingerprint density at radius 2 is 1.97 bits per heavy atom. The van der Waals surface area contributed by atoms with E-state index in [0.29, 0.717) is 33.2 Å². The molecule has 2 aromatic rings. The minimum absolute atomic E-state index is 0.0673. The first-order valence-corrected chi connectivity index (χ1v) is 10.9. The summed E-state index contributed by atoms with van der Waals surface area (Å²) in [5.74, 6) is -0.246. The van der Waals surface area contributed by atoms with Gasteiger partial charge in [-0.25, -0.2) is 4.79 Å². The molecule has 8 heteroatoms. The summed E-state index contributed by atoms with van der Waals surface area (Å²) in [5.41, 5.74) is 1.98. The second kappa shape index (κ2) is 9.65. The monoisotopic (exact) mass is 440 g/mol. The van der Waals surface area contributed by atoms with Crippen molar-refractivity contribution in [3.8, 4) is 11.8 Å². The number of thioether (sulfide) groups is 1. The summed E-state index contributed by atoms with van der Waals surface area (Å²) in [4.78, 5) is 25.9. The Hall–Kier alpha value is -3.02. The quantitative estimate of drug-likeness (QED) is 0.509. The van der Waals surface area contributed by atoms with Crippen LogP contribution in [0.2, 0.25) is 0 Å². The molecule has 1 unspecified atom stereocenters. The van der Waals surface area contributed by atoms with Crippen molar-refractivity contribution >= 4 is 34.9 Å². The van der Waals surface area contributed by atoms with Gasteiger partial charge in [0, 0.05) is 16.1 Å². The summed E-state index contributed by atoms with van der Waals surface area (Å²) in [6.07, 6.45) is 0. The van der Waals surface area contributed by atoms with Crippen molar-refractivity contribution in [3.63, 3.8) is 0 Å². The molecule has 0 bridgehead atoms. The summed E-state index contributed by atoms with van der Waals surface area (Å²) < 4.78 is 10.1. The van der Waals surface area contributed by atoms with E-state index in [2.05, 4.69) is 11.4 Å². The summed E-state index contributed by atoms with van der Waals surface area (Å²) in [6, 6.07) is 12.9. The van der Waals surface area contributed by atoms with E-state index in [9.17, 15) is 14.9 Å². The van der Waals surface area contributed by atoms with Crippen LogP contribution in [0.4, 0.5) is 0 Å². The van der Waals surface area contributed by atoms with Gasteiger partial charge in [-0.1, -0.05) is 17.8 Å². The molecule has 1 N–H and O–H groups in total. The first kappa shape index (κ1) is 21.7. The molecule has 6 nitrogen and oxygen atoms in total. The number of Topliss-reactive ketones (excluding diaryl/α,β-unsaturated/α-hetero) is 1. The second-order valence-corrected chi connectivity index (χ2v) is 8.36. The lowest BCUT2D eigenvalue weighted by Gasteiger charge is -2.28. The zero-order chi connectivity index (χ0) is 21.7. The number of methoxy groups -OCH3 is 2. The van der Waals surface area contributed by atoms with Crippen LogP contribution in [0.25, 0.3) is 0 Å². The highest BCUT2D eigenvalue weighted by molar-refractivity contribution is 8.03. The van der Waals surface area contributed by atoms with Crippen molar-refractivity contribution in [3.05, 3.63) is 74.1 Å². The predicted molar refractivity (Wildman–Crippen MR) is 117 cm³/mol. The smallest absolute Gasteiger partial charge is 0.336 e. The first-order valence-electron chi connectivity index (χ1n) is 9.04. The molecule has 1 aromatic carbocycles. The minimum atomic E-state index is -0.526. The zero-order valence-electron chi connectivity index (χ0n) is 16.7. The molecule has 1 aliphatic heterocycles. The van der Waals surface area contributed by atoms with Gasteiger partial charge >= 0.3 is 5.97 Å². The molecule has 0 saturated heterocycles. The lowest BCUT2D eigenvalue weighted by molar-refractivity contribution is -0.136. The van der Waals surface area contributed by atoms with E-state index in [1.807, 2.05) is 17.5 Å². The van der Waals surface area contributed by atoms with Crippen molar-refractivity contribution in [2.24, 2.45) is 0 Å². The maximum atomic E-state index is 12.6. The van der Waals surface area contributed by atoms with E-state index in [1.165, 1.54) is 30.2 Å². The number of benzene rings is 1. The lowest BCUT2D eigenvalue weighted by atomic mass is 9.87. The van der Waals surface area contributed by atoms with Crippen LogP contribution in [0.5, 0.6) is 5.75 Å². The summed E-state index contributed by atoms with van der Waals surface area (Å²) in [7, 11) is 2.89. The number of dihydropyridines is 1. The second-order valence-electron chi connectivity index (χ2n) is 6.40. The van der Waals surface area contributed by atoms with E-state index < -0.39 is 11.9 Å². The molecule has 0 aliphatic carbocycles. The third-order valence-corrected chi connectivity index (χ3v) is 6.59. The molecule has 1 aliphatic rings. The fraction of sp³-hybridized carbons (Fsp3) is 0.227. The fourth-order valence-electron chi connectivity index (χ4n) is 3.14. The van der Waals surface area contributed by atoms with Gasteiger partial charge in [0.2, 0.25) is 0 Å². The van der Waals surface area contributed by atoms with Crippen LogP contribution in [0.3, 0.4) is 0 Å². The Kier molecular flexibility index (Phi) is 6.98. The number of esters is 1. The zero-order valence-corrected chi connectivity index (χ0v) is 18.4. The average molecular weight is 441 g/mol. The summed E-state index contributed by atoms with van der Waals surface area (Å²) in [5, 5.41) is 15.5. The van der Waals surface area contributed by atoms with Gasteiger partial charge in [-0.05, 0) is 42.6 Å². The molecule has 1 atom stereocenters. The maximum Gasteiger partial charge on any atom is 0.336 e. The highest BCUT2D eigenvalue weighted by Gasteiger charge is 2.36. The van der Waals surface area contributed by atoms with Crippen LogP contribution < -0.4 is 10.1 Å². The predicted octanol–water partition coefficient (Wildman–Crippen LogP) is 4.24. The Balaban J connectivity index is 1.88. The number of hydrogen-bond acceptors (Lipinski definition) is 8. The van der Waals surface area contributed by atoms with Crippen LogP contribution in [-0.4, -0.2) is 31.7 Å². The standard InChI is InChI=1S/C22H20N2O4S2/c1-13-19(22(26)28-3)20(18-5-4-10-29-18)16(11-23)21(24-13)30-12-17(25)14-6-8-15(27-2)9-7-14/h4-10,20,24H,12H2,1-3H3. The number of allylic oxidation sites excluding steroid dienone is 2. The number of nitrogens with one attached hydrogen (secondary N) is 1. The molecular formula is C22H20N2O4S2. The van der Waals surface area contributed by atoms with Crippen molar-refractivity contribution in [1.29, 1.82) is 5.26 Å². The molecular weight excluding hydrogens is 420 g/mol. The third-order valence-electron chi connectivity index (χ3n) is 4.64. The van der Waals surface area contributed by atoms with Gasteiger partial charge in [0.15, 0.2) is 5.78 Å². The number of rotatable bonds is 7. The number of nitriles is 1. The fourth-order valence-corrected chi connectivity index (χ4v) is 4.97. The molecule has 1 aromatic heterocycles. The Morgan fingerprint density at radius 1 is 1.23 bits per heavy atom. The van der Waals surface area contributed by atoms with E-state index in [1.54, 1.807) is 38.3 Å². The van der Waals surface area contributed by atoms with Gasteiger partial charge in [-0.3, -0.25) is 4.79 Å². The minimum Gasteiger partial charge on any atom is -0.497 e. The van der Waals surface area contributed by atoms with Crippen LogP contribution in [-0.2, 0) is 9.53 Å². The largest absolute Gasteiger partial charge is 0.497 e. The van der Waals surface area contributed by atoms with Crippen LogP contribution >= 0.6 is 23.1 Å². The molecule has 3 rings (SSSR count). The van der Waals surface area contributed by atoms with E-state index in [-0.39, 0.29) is 11.5 Å². The van der Waals surface area contributed by atoms with Gasteiger partial charge < -0.3 is 14.8 Å². The number of hydrogen-bond donors (Lipinski definition) is 1. The number of ether oxygens (including phenoxy) is 2. The van der Waals surface area contributed by atoms with Crippen molar-refractivity contribution < 1.29 is 19.1 Å². The first-order chi connectivity index (χ1) is 14.5. The Morgan fingerprint density at radius 3 is 2.53 bits per heavy atom. The summed E-state index contributed by atoms with van der Waals surface area (Å²) >= 11 is 2.72. The number of carbonyl (C=O) groups is 2. The Labute approximate surface area is 183 Å². The molecule has 154 valence electrons. The Bertz CT molecular complexity index is 1050. The molecule has 0 amide bonds. The highest BCUT2D eigenvalue weighted by Crippen LogP contribution is 2.42. The number of thiophene rings is 1. The topological polar surface area (TPSA) is 88.4 Å². The summed E-state index contributed by atoms with van der Waals surface area (Å²) in [6.45, 7) is 1.77. The van der Waals surface area contributed by atoms with E-state index >= 15 is 0 Å². The van der Waals surface area contributed by atoms with Crippen molar-refractivity contribution in [2.75, 3.05) is 20.0 Å². The third kappa shape index (κ3) is 4.42. The van der Waals surface area contributed by atoms with E-state index in [0.717, 1.165) is 4.88 Å². The number of nitrogens with zero attached hydrogens (tertiary/aromatic N) is 1. The maximum absolute atomic E-state index is 12.6. The normalized spacial score (nSPS) is 16.0. The molecule has 0 spiro atoms. The molecule has 2 heterocycles. The lowest BCUT2D eigenvalue weighted by Crippen LogP contribution is -2.28. The SMILES string of the molecule is COC(=O)C1=C(C)NC(SCC(=O)c2ccc(OC)cc2)=C(C#N)C1c1cccs1. The average Bonchev–Trinajstić information content (AvgIpc) is 3.31. The van der Waals surface area contributed by atoms with Gasteiger partial charge in [0.25, 0.3) is 0 Å². The van der Waals surface area contributed by atoms with Gasteiger partial charge in [-0.2, -0.15) is 5.26 Å². The van der Waals surface area contributed by atoms with Crippen molar-refractivity contribution in [1.82, 2.24) is 5.32 Å². The molecule has 0 saturated carbocycles.